The van der Waals surface area contributed by atoms with Gasteiger partial charge in [-0.25, -0.2) is 0 Å². The summed E-state index contributed by atoms with van der Waals surface area (Å²) >= 11 is 0. The Bertz CT molecular complexity index is 630. The van der Waals surface area contributed by atoms with Crippen LogP contribution in [0.3, 0.4) is 0 Å². The standard InChI is InChI=1S/C17H20N2/c1-12-11-16(2)15-18(4)9-10-19(15)14-8-6-5-7-13(14)17(12,16)3/h5-11,15H,1-4H3. The highest BCUT2D eigenvalue weighted by Crippen LogP contribution is 2.65. The van der Waals surface area contributed by atoms with Crippen LogP contribution in [0.25, 0.3) is 0 Å². The fourth-order valence-electron chi connectivity index (χ4n) is 4.50. The molecule has 0 fully saturated rings. The summed E-state index contributed by atoms with van der Waals surface area (Å²) in [5, 5.41) is 0. The summed E-state index contributed by atoms with van der Waals surface area (Å²) in [4.78, 5) is 4.77. The molecule has 0 bridgehead atoms. The van der Waals surface area contributed by atoms with Crippen LogP contribution in [0.5, 0.6) is 0 Å². The Hall–Kier alpha value is -1.70. The van der Waals surface area contributed by atoms with E-state index in [1.165, 1.54) is 16.8 Å². The number of anilines is 1. The summed E-state index contributed by atoms with van der Waals surface area (Å²) in [5.74, 6) is 0. The topological polar surface area (TPSA) is 6.48 Å². The molecule has 0 saturated heterocycles. The molecule has 1 aliphatic carbocycles. The fraction of sp³-hybridized carbons (Fsp3) is 0.412. The molecule has 0 radical (unpaired) electrons. The molecule has 3 unspecified atom stereocenters. The first-order chi connectivity index (χ1) is 9.00. The van der Waals surface area contributed by atoms with Crippen molar-refractivity contribution in [2.45, 2.75) is 32.4 Å². The van der Waals surface area contributed by atoms with Gasteiger partial charge < -0.3 is 9.80 Å². The molecule has 0 N–H and O–H groups in total. The molecule has 2 heteroatoms. The van der Waals surface area contributed by atoms with Gasteiger partial charge in [-0.1, -0.05) is 43.7 Å². The van der Waals surface area contributed by atoms with Crippen molar-refractivity contribution in [3.8, 4) is 0 Å². The number of benzene rings is 1. The van der Waals surface area contributed by atoms with Crippen LogP contribution in [-0.2, 0) is 5.41 Å². The highest BCUT2D eigenvalue weighted by atomic mass is 15.4. The molecule has 3 aliphatic rings. The predicted molar refractivity (Wildman–Crippen MR) is 78.8 cm³/mol. The number of rotatable bonds is 0. The lowest BCUT2D eigenvalue weighted by molar-refractivity contribution is 0.0861. The number of para-hydroxylation sites is 1. The van der Waals surface area contributed by atoms with Gasteiger partial charge >= 0.3 is 0 Å². The maximum atomic E-state index is 2.46. The zero-order chi connectivity index (χ0) is 13.4. The predicted octanol–water partition coefficient (Wildman–Crippen LogP) is 3.47. The van der Waals surface area contributed by atoms with Gasteiger partial charge in [0.15, 0.2) is 0 Å². The summed E-state index contributed by atoms with van der Waals surface area (Å²) in [6.45, 7) is 7.08. The minimum Gasteiger partial charge on any atom is -0.358 e. The van der Waals surface area contributed by atoms with Gasteiger partial charge in [-0.15, -0.1) is 0 Å². The van der Waals surface area contributed by atoms with Gasteiger partial charge in [0.05, 0.1) is 0 Å². The van der Waals surface area contributed by atoms with Crippen LogP contribution in [-0.4, -0.2) is 18.1 Å². The van der Waals surface area contributed by atoms with Crippen LogP contribution < -0.4 is 4.90 Å². The Kier molecular flexibility index (Phi) is 1.80. The molecule has 19 heavy (non-hydrogen) atoms. The van der Waals surface area contributed by atoms with E-state index in [0.29, 0.717) is 6.17 Å². The van der Waals surface area contributed by atoms with E-state index in [9.17, 15) is 0 Å². The van der Waals surface area contributed by atoms with E-state index in [1.54, 1.807) is 0 Å². The van der Waals surface area contributed by atoms with Crippen molar-refractivity contribution in [3.63, 3.8) is 0 Å². The molecule has 2 nitrogen and oxygen atoms in total. The van der Waals surface area contributed by atoms with Crippen molar-refractivity contribution in [2.75, 3.05) is 11.9 Å². The average Bonchev–Trinajstić information content (AvgIpc) is 2.79. The second kappa shape index (κ2) is 3.06. The van der Waals surface area contributed by atoms with Crippen molar-refractivity contribution in [1.82, 2.24) is 4.90 Å². The van der Waals surface area contributed by atoms with Crippen molar-refractivity contribution in [2.24, 2.45) is 5.41 Å². The lowest BCUT2D eigenvalue weighted by atomic mass is 9.47. The summed E-state index contributed by atoms with van der Waals surface area (Å²) in [6.07, 6.45) is 7.27. The molecule has 0 spiro atoms. The van der Waals surface area contributed by atoms with E-state index in [2.05, 4.69) is 80.4 Å². The molecular formula is C17H20N2. The zero-order valence-corrected chi connectivity index (χ0v) is 12.0. The van der Waals surface area contributed by atoms with Gasteiger partial charge in [0.2, 0.25) is 0 Å². The van der Waals surface area contributed by atoms with Crippen LogP contribution in [0.2, 0.25) is 0 Å². The van der Waals surface area contributed by atoms with Gasteiger partial charge in [0, 0.05) is 36.0 Å². The van der Waals surface area contributed by atoms with Crippen LogP contribution in [0.4, 0.5) is 5.69 Å². The Morgan fingerprint density at radius 2 is 1.84 bits per heavy atom. The van der Waals surface area contributed by atoms with Crippen molar-refractivity contribution in [3.05, 3.63) is 53.9 Å². The van der Waals surface area contributed by atoms with E-state index < -0.39 is 0 Å². The number of hydrogen-bond acceptors (Lipinski definition) is 2. The molecule has 2 aliphatic heterocycles. The summed E-state index contributed by atoms with van der Waals surface area (Å²) in [7, 11) is 2.18. The van der Waals surface area contributed by atoms with E-state index in [1.807, 2.05) is 0 Å². The number of allylic oxidation sites excluding steroid dienone is 1. The van der Waals surface area contributed by atoms with E-state index >= 15 is 0 Å². The molecule has 2 heterocycles. The normalized spacial score (nSPS) is 38.3. The van der Waals surface area contributed by atoms with E-state index in [4.69, 9.17) is 0 Å². The van der Waals surface area contributed by atoms with Crippen molar-refractivity contribution < 1.29 is 0 Å². The first kappa shape index (κ1) is 11.2. The minimum atomic E-state index is 0.158. The SMILES string of the molecule is CC1=CC2(C)C3N(C)C=CN3c3ccccc3C12C. The molecule has 0 amide bonds. The largest absolute Gasteiger partial charge is 0.358 e. The Balaban J connectivity index is 2.04. The highest BCUT2D eigenvalue weighted by molar-refractivity contribution is 5.70. The van der Waals surface area contributed by atoms with Gasteiger partial charge in [0.25, 0.3) is 0 Å². The molecule has 98 valence electrons. The first-order valence-corrected chi connectivity index (χ1v) is 6.98. The third-order valence-corrected chi connectivity index (χ3v) is 5.75. The molecule has 1 aromatic rings. The van der Waals surface area contributed by atoms with E-state index in [-0.39, 0.29) is 10.8 Å². The highest BCUT2D eigenvalue weighted by Gasteiger charge is 2.63. The fourth-order valence-corrected chi connectivity index (χ4v) is 4.50. The van der Waals surface area contributed by atoms with Gasteiger partial charge in [0.1, 0.15) is 6.17 Å². The molecule has 1 aromatic carbocycles. The lowest BCUT2D eigenvalue weighted by Crippen LogP contribution is -2.65. The minimum absolute atomic E-state index is 0.158. The Morgan fingerprint density at radius 3 is 2.58 bits per heavy atom. The van der Waals surface area contributed by atoms with Crippen molar-refractivity contribution in [1.29, 1.82) is 0 Å². The smallest absolute Gasteiger partial charge is 0.115 e. The molecule has 4 rings (SSSR count). The maximum Gasteiger partial charge on any atom is 0.115 e. The Labute approximate surface area is 115 Å². The lowest BCUT2D eigenvalue weighted by Gasteiger charge is -2.63. The van der Waals surface area contributed by atoms with Crippen LogP contribution in [0, 0.1) is 5.41 Å². The van der Waals surface area contributed by atoms with Crippen LogP contribution in [0.15, 0.2) is 48.3 Å². The average molecular weight is 252 g/mol. The van der Waals surface area contributed by atoms with Gasteiger partial charge in [-0.3, -0.25) is 0 Å². The quantitative estimate of drug-likeness (QED) is 0.652. The third kappa shape index (κ3) is 0.981. The molecule has 3 atom stereocenters. The summed E-state index contributed by atoms with van der Waals surface area (Å²) in [6, 6.07) is 8.86. The monoisotopic (exact) mass is 252 g/mol. The first-order valence-electron chi connectivity index (χ1n) is 6.98. The molecular weight excluding hydrogens is 232 g/mol. The number of nitrogens with zero attached hydrogens (tertiary/aromatic N) is 2. The van der Waals surface area contributed by atoms with Crippen LogP contribution >= 0.6 is 0 Å². The summed E-state index contributed by atoms with van der Waals surface area (Å²) < 4.78 is 0. The van der Waals surface area contributed by atoms with Crippen LogP contribution in [0.1, 0.15) is 26.3 Å². The Morgan fingerprint density at radius 1 is 1.11 bits per heavy atom. The molecule has 0 saturated carbocycles. The number of hydrogen-bond donors (Lipinski definition) is 0. The van der Waals surface area contributed by atoms with Gasteiger partial charge in [-0.2, -0.15) is 0 Å². The van der Waals surface area contributed by atoms with Gasteiger partial charge in [-0.05, 0) is 18.6 Å². The summed E-state index contributed by atoms with van der Waals surface area (Å²) in [5.41, 5.74) is 4.66. The second-order valence-electron chi connectivity index (χ2n) is 6.50. The van der Waals surface area contributed by atoms with Crippen molar-refractivity contribution >= 4 is 5.69 Å². The van der Waals surface area contributed by atoms with E-state index in [0.717, 1.165) is 0 Å². The maximum absolute atomic E-state index is 2.46. The molecule has 0 aromatic heterocycles. The number of fused-ring (bicyclic) bond motifs is 6. The zero-order valence-electron chi connectivity index (χ0n) is 12.0. The third-order valence-electron chi connectivity index (χ3n) is 5.75. The second-order valence-corrected chi connectivity index (χ2v) is 6.50.